The molecule has 0 saturated carbocycles. The van der Waals surface area contributed by atoms with Crippen molar-refractivity contribution in [1.29, 1.82) is 0 Å². The van der Waals surface area contributed by atoms with Gasteiger partial charge in [-0.1, -0.05) is 0 Å². The first-order valence-electron chi connectivity index (χ1n) is 7.01. The van der Waals surface area contributed by atoms with Crippen LogP contribution in [0.25, 0.3) is 0 Å². The third-order valence-corrected chi connectivity index (χ3v) is 4.28. The van der Waals surface area contributed by atoms with Crippen molar-refractivity contribution < 1.29 is 18.3 Å². The summed E-state index contributed by atoms with van der Waals surface area (Å²) in [5, 5.41) is 9.56. The van der Waals surface area contributed by atoms with Crippen LogP contribution in [0.3, 0.4) is 0 Å². The van der Waals surface area contributed by atoms with E-state index in [1.807, 2.05) is 0 Å². The van der Waals surface area contributed by atoms with Crippen LogP contribution in [-0.2, 0) is 0 Å². The van der Waals surface area contributed by atoms with Crippen molar-refractivity contribution in [2.75, 3.05) is 19.7 Å². The smallest absolute Gasteiger partial charge is 0.389 e. The Kier molecular flexibility index (Phi) is 5.29. The lowest BCUT2D eigenvalue weighted by Crippen LogP contribution is -2.50. The molecule has 0 aromatic rings. The highest BCUT2D eigenvalue weighted by molar-refractivity contribution is 4.89. The summed E-state index contributed by atoms with van der Waals surface area (Å²) >= 11 is 0. The zero-order valence-corrected chi connectivity index (χ0v) is 12.2. The minimum atomic E-state index is -4.08. The monoisotopic (exact) mass is 281 g/mol. The number of aliphatic hydroxyl groups is 1. The predicted octanol–water partition coefficient (Wildman–Crippen LogP) is 3.59. The van der Waals surface area contributed by atoms with E-state index in [-0.39, 0.29) is 24.0 Å². The van der Waals surface area contributed by atoms with Crippen molar-refractivity contribution in [3.63, 3.8) is 0 Å². The second-order valence-corrected chi connectivity index (χ2v) is 6.78. The van der Waals surface area contributed by atoms with Crippen LogP contribution in [0.1, 0.15) is 52.9 Å². The molecule has 1 aliphatic rings. The number of aliphatic hydroxyl groups excluding tert-OH is 1. The predicted molar refractivity (Wildman–Crippen MR) is 70.0 cm³/mol. The van der Waals surface area contributed by atoms with Crippen molar-refractivity contribution in [3.8, 4) is 0 Å². The third-order valence-electron chi connectivity index (χ3n) is 4.28. The lowest BCUT2D eigenvalue weighted by Gasteiger charge is -2.46. The molecule has 1 rings (SSSR count). The zero-order chi connectivity index (χ0) is 14.7. The van der Waals surface area contributed by atoms with Crippen molar-refractivity contribution in [2.24, 2.45) is 5.41 Å². The topological polar surface area (TPSA) is 23.5 Å². The highest BCUT2D eigenvalue weighted by atomic mass is 19.4. The molecule has 1 saturated heterocycles. The maximum absolute atomic E-state index is 12.2. The minimum absolute atomic E-state index is 0.00282. The quantitative estimate of drug-likeness (QED) is 0.851. The Hall–Kier alpha value is -0.290. The summed E-state index contributed by atoms with van der Waals surface area (Å²) in [6.45, 7) is 8.14. The largest absolute Gasteiger partial charge is 0.396 e. The average molecular weight is 281 g/mol. The van der Waals surface area contributed by atoms with Crippen molar-refractivity contribution in [3.05, 3.63) is 0 Å². The number of rotatable bonds is 4. The van der Waals surface area contributed by atoms with Crippen molar-refractivity contribution in [1.82, 2.24) is 4.90 Å². The number of piperidine rings is 1. The van der Waals surface area contributed by atoms with E-state index in [1.54, 1.807) is 0 Å². The van der Waals surface area contributed by atoms with Crippen LogP contribution < -0.4 is 0 Å². The highest BCUT2D eigenvalue weighted by Crippen LogP contribution is 2.39. The first-order valence-corrected chi connectivity index (χ1v) is 7.01. The zero-order valence-electron chi connectivity index (χ0n) is 12.2. The average Bonchev–Trinajstić information content (AvgIpc) is 2.26. The summed E-state index contributed by atoms with van der Waals surface area (Å²) in [5.41, 5.74) is -0.208. The number of hydrogen-bond donors (Lipinski definition) is 1. The van der Waals surface area contributed by atoms with Gasteiger partial charge < -0.3 is 5.11 Å². The molecule has 19 heavy (non-hydrogen) atoms. The summed E-state index contributed by atoms with van der Waals surface area (Å²) in [6, 6.07) is 0. The van der Waals surface area contributed by atoms with Crippen LogP contribution >= 0.6 is 0 Å². The van der Waals surface area contributed by atoms with Gasteiger partial charge in [-0.05, 0) is 65.0 Å². The summed E-state index contributed by atoms with van der Waals surface area (Å²) < 4.78 is 36.6. The van der Waals surface area contributed by atoms with Gasteiger partial charge >= 0.3 is 6.18 Å². The number of alkyl halides is 3. The van der Waals surface area contributed by atoms with Crippen LogP contribution in [0, 0.1) is 5.41 Å². The minimum Gasteiger partial charge on any atom is -0.396 e. The molecule has 1 N–H and O–H groups in total. The van der Waals surface area contributed by atoms with E-state index >= 15 is 0 Å². The maximum Gasteiger partial charge on any atom is 0.389 e. The summed E-state index contributed by atoms with van der Waals surface area (Å²) in [5.74, 6) is 0. The summed E-state index contributed by atoms with van der Waals surface area (Å²) in [6.07, 6.45) is -2.64. The molecule has 0 radical (unpaired) electrons. The molecule has 0 spiro atoms. The normalized spacial score (nSPS) is 21.6. The Bertz CT molecular complexity index is 270. The summed E-state index contributed by atoms with van der Waals surface area (Å²) in [7, 11) is 0. The molecule has 0 aromatic carbocycles. The lowest BCUT2D eigenvalue weighted by molar-refractivity contribution is -0.137. The van der Waals surface area contributed by atoms with E-state index in [1.165, 1.54) is 0 Å². The third kappa shape index (κ3) is 5.30. The van der Waals surface area contributed by atoms with E-state index in [0.29, 0.717) is 6.42 Å². The molecular formula is C14H26F3NO. The fourth-order valence-electron chi connectivity index (χ4n) is 2.80. The Morgan fingerprint density at radius 3 is 2.00 bits per heavy atom. The molecule has 0 amide bonds. The van der Waals surface area contributed by atoms with Crippen LogP contribution in [-0.4, -0.2) is 41.4 Å². The van der Waals surface area contributed by atoms with E-state index in [2.05, 4.69) is 25.7 Å². The second-order valence-electron chi connectivity index (χ2n) is 6.78. The molecule has 1 heterocycles. The van der Waals surface area contributed by atoms with E-state index in [9.17, 15) is 18.3 Å². The van der Waals surface area contributed by atoms with Gasteiger partial charge in [-0.2, -0.15) is 13.2 Å². The number of likely N-dealkylation sites (tertiary alicyclic amines) is 1. The van der Waals surface area contributed by atoms with Gasteiger partial charge in [0.2, 0.25) is 0 Å². The van der Waals surface area contributed by atoms with Gasteiger partial charge in [0, 0.05) is 18.6 Å². The number of halogens is 3. The van der Waals surface area contributed by atoms with E-state index in [0.717, 1.165) is 25.9 Å². The Morgan fingerprint density at radius 1 is 1.11 bits per heavy atom. The molecule has 0 atom stereocenters. The van der Waals surface area contributed by atoms with Crippen LogP contribution in [0.15, 0.2) is 0 Å². The Morgan fingerprint density at radius 2 is 1.63 bits per heavy atom. The molecule has 114 valence electrons. The molecule has 5 heteroatoms. The van der Waals surface area contributed by atoms with Gasteiger partial charge in [-0.15, -0.1) is 0 Å². The number of nitrogens with zero attached hydrogens (tertiary/aromatic N) is 1. The Labute approximate surface area is 114 Å². The lowest BCUT2D eigenvalue weighted by atomic mass is 9.74. The van der Waals surface area contributed by atoms with E-state index in [4.69, 9.17) is 0 Å². The van der Waals surface area contributed by atoms with Gasteiger partial charge in [-0.3, -0.25) is 4.90 Å². The Balaban J connectivity index is 2.47. The fraction of sp³-hybridized carbons (Fsp3) is 1.00. The van der Waals surface area contributed by atoms with Crippen LogP contribution in [0.2, 0.25) is 0 Å². The molecule has 1 fully saturated rings. The SMILES string of the molecule is CC(C)(C)N1CCC(CO)(CCCC(F)(F)F)CC1. The molecular weight excluding hydrogens is 255 g/mol. The molecule has 0 aliphatic carbocycles. The van der Waals surface area contributed by atoms with Crippen LogP contribution in [0.4, 0.5) is 13.2 Å². The standard InChI is InChI=1S/C14H26F3NO/c1-12(2,3)18-9-7-13(11-19,8-10-18)5-4-6-14(15,16)17/h19H,4-11H2,1-3H3. The van der Waals surface area contributed by atoms with Gasteiger partial charge in [0.15, 0.2) is 0 Å². The molecule has 0 bridgehead atoms. The summed E-state index contributed by atoms with van der Waals surface area (Å²) in [4.78, 5) is 2.34. The first kappa shape index (κ1) is 16.8. The molecule has 2 nitrogen and oxygen atoms in total. The van der Waals surface area contributed by atoms with Gasteiger partial charge in [0.05, 0.1) is 0 Å². The van der Waals surface area contributed by atoms with Gasteiger partial charge in [-0.25, -0.2) is 0 Å². The van der Waals surface area contributed by atoms with Crippen molar-refractivity contribution in [2.45, 2.75) is 64.6 Å². The van der Waals surface area contributed by atoms with Crippen LogP contribution in [0.5, 0.6) is 0 Å². The van der Waals surface area contributed by atoms with Gasteiger partial charge in [0.1, 0.15) is 0 Å². The molecule has 0 unspecified atom stereocenters. The first-order chi connectivity index (χ1) is 8.58. The molecule has 1 aliphatic heterocycles. The number of hydrogen-bond acceptors (Lipinski definition) is 2. The fourth-order valence-corrected chi connectivity index (χ4v) is 2.80. The van der Waals surface area contributed by atoms with Crippen molar-refractivity contribution >= 4 is 0 Å². The molecule has 0 aromatic heterocycles. The second kappa shape index (κ2) is 6.00. The highest BCUT2D eigenvalue weighted by Gasteiger charge is 2.37. The van der Waals surface area contributed by atoms with Gasteiger partial charge in [0.25, 0.3) is 0 Å². The van der Waals surface area contributed by atoms with E-state index < -0.39 is 12.6 Å². The maximum atomic E-state index is 12.2.